The number of ether oxygens (including phenoxy) is 2. The van der Waals surface area contributed by atoms with Crippen LogP contribution in [0.4, 0.5) is 0 Å². The molecule has 0 aliphatic heterocycles. The smallest absolute Gasteiger partial charge is 0.457 e. The molecule has 338 valence electrons. The van der Waals surface area contributed by atoms with E-state index < -0.39 is 45.8 Å². The van der Waals surface area contributed by atoms with Gasteiger partial charge < -0.3 is 24.6 Å². The summed E-state index contributed by atoms with van der Waals surface area (Å²) in [7, 11) is -4.54. The summed E-state index contributed by atoms with van der Waals surface area (Å²) < 4.78 is 33.3. The first-order chi connectivity index (χ1) is 28.3. The summed E-state index contributed by atoms with van der Waals surface area (Å²) >= 11 is 0. The molecule has 0 aliphatic carbocycles. The van der Waals surface area contributed by atoms with Gasteiger partial charge in [-0.3, -0.25) is 13.8 Å². The first-order valence-corrected chi connectivity index (χ1v) is 24.8. The van der Waals surface area contributed by atoms with Crippen LogP contribution in [0.15, 0.2) is 60.8 Å². The van der Waals surface area contributed by atoms with Crippen molar-refractivity contribution in [2.24, 2.45) is 0 Å². The molecule has 0 amide bonds. The van der Waals surface area contributed by atoms with Crippen LogP contribution < -0.4 is 0 Å². The van der Waals surface area contributed by atoms with E-state index in [4.69, 9.17) is 23.6 Å². The minimum absolute atomic E-state index is 0.0189. The molecule has 3 atom stereocenters. The number of carbonyl (C=O) groups excluding carboxylic acids is 1. The van der Waals surface area contributed by atoms with Crippen molar-refractivity contribution in [1.29, 1.82) is 0 Å². The zero-order valence-corrected chi connectivity index (χ0v) is 37.9. The van der Waals surface area contributed by atoms with Crippen molar-refractivity contribution in [3.05, 3.63) is 60.8 Å². The molecule has 3 unspecified atom stereocenters. The van der Waals surface area contributed by atoms with Crippen molar-refractivity contribution >= 4 is 13.8 Å². The third-order valence-electron chi connectivity index (χ3n) is 9.70. The highest BCUT2D eigenvalue weighted by Gasteiger charge is 2.26. The summed E-state index contributed by atoms with van der Waals surface area (Å²) in [6.07, 6.45) is 52.2. The minimum Gasteiger partial charge on any atom is -0.457 e. The lowest BCUT2D eigenvalue weighted by Crippen LogP contribution is -2.29. The van der Waals surface area contributed by atoms with Gasteiger partial charge in [0.1, 0.15) is 12.2 Å². The number of hydrogen-bond donors (Lipinski definition) is 3. The van der Waals surface area contributed by atoms with Gasteiger partial charge in [-0.25, -0.2) is 4.57 Å². The van der Waals surface area contributed by atoms with Crippen molar-refractivity contribution in [2.75, 3.05) is 33.0 Å². The number of phosphoric acid groups is 1. The topological polar surface area (TPSA) is 132 Å². The molecule has 0 rings (SSSR count). The average Bonchev–Trinajstić information content (AvgIpc) is 3.21. The second-order valence-corrected chi connectivity index (χ2v) is 16.8. The highest BCUT2D eigenvalue weighted by atomic mass is 31.2. The molecule has 58 heavy (non-hydrogen) atoms. The van der Waals surface area contributed by atoms with Gasteiger partial charge in [-0.1, -0.05) is 184 Å². The molecule has 0 aliphatic rings. The van der Waals surface area contributed by atoms with E-state index in [-0.39, 0.29) is 13.0 Å². The van der Waals surface area contributed by atoms with Crippen LogP contribution in [0.2, 0.25) is 0 Å². The molecule has 0 spiro atoms. The van der Waals surface area contributed by atoms with E-state index in [1.807, 2.05) is 12.2 Å². The third-order valence-corrected chi connectivity index (χ3v) is 10.7. The molecular weight excluding hydrogens is 751 g/mol. The van der Waals surface area contributed by atoms with Crippen molar-refractivity contribution < 1.29 is 43.0 Å². The zero-order valence-electron chi connectivity index (χ0n) is 37.0. The molecule has 0 aromatic carbocycles. The number of rotatable bonds is 44. The van der Waals surface area contributed by atoms with Gasteiger partial charge in [0, 0.05) is 13.0 Å². The normalized spacial score (nSPS) is 14.5. The van der Waals surface area contributed by atoms with Gasteiger partial charge in [-0.15, -0.1) is 0 Å². The highest BCUT2D eigenvalue weighted by molar-refractivity contribution is 7.47. The maximum Gasteiger partial charge on any atom is 0.472 e. The van der Waals surface area contributed by atoms with Gasteiger partial charge in [0.05, 0.1) is 26.4 Å². The Morgan fingerprint density at radius 1 is 0.552 bits per heavy atom. The monoisotopic (exact) mass is 839 g/mol. The van der Waals surface area contributed by atoms with Crippen LogP contribution in [-0.4, -0.2) is 66.3 Å². The molecule has 0 radical (unpaired) electrons. The fourth-order valence-corrected chi connectivity index (χ4v) is 6.98. The quantitative estimate of drug-likeness (QED) is 0.0237. The van der Waals surface area contributed by atoms with Crippen LogP contribution in [0.25, 0.3) is 0 Å². The van der Waals surface area contributed by atoms with Gasteiger partial charge in [0.2, 0.25) is 0 Å². The molecule has 0 aromatic heterocycles. The van der Waals surface area contributed by atoms with Crippen molar-refractivity contribution in [3.63, 3.8) is 0 Å². The lowest BCUT2D eigenvalue weighted by Gasteiger charge is -2.20. The van der Waals surface area contributed by atoms with E-state index in [0.717, 1.165) is 44.9 Å². The SMILES string of the molecule is CC/C=C\C/C=C\C/C=C\C/C=C\CCC(=O)OC(COCCCCCCCCCCCCCC/C=C\CCCCCCCCCC)COP(=O)(O)OCC(O)CO. The molecule has 0 fully saturated rings. The van der Waals surface area contributed by atoms with E-state index in [1.54, 1.807) is 0 Å². The van der Waals surface area contributed by atoms with Gasteiger partial charge in [-0.05, 0) is 64.2 Å². The predicted molar refractivity (Wildman–Crippen MR) is 242 cm³/mol. The number of hydrogen-bond acceptors (Lipinski definition) is 8. The summed E-state index contributed by atoms with van der Waals surface area (Å²) in [6.45, 7) is 3.31. The molecule has 3 N–H and O–H groups in total. The van der Waals surface area contributed by atoms with Crippen molar-refractivity contribution in [1.82, 2.24) is 0 Å². The van der Waals surface area contributed by atoms with Gasteiger partial charge in [-0.2, -0.15) is 0 Å². The maximum absolute atomic E-state index is 12.6. The van der Waals surface area contributed by atoms with Crippen molar-refractivity contribution in [2.45, 2.75) is 206 Å². The van der Waals surface area contributed by atoms with E-state index in [0.29, 0.717) is 13.0 Å². The Morgan fingerprint density at radius 2 is 0.983 bits per heavy atom. The number of aliphatic hydroxyl groups excluding tert-OH is 2. The predicted octanol–water partition coefficient (Wildman–Crippen LogP) is 13.1. The Morgan fingerprint density at radius 3 is 1.48 bits per heavy atom. The molecule has 0 saturated heterocycles. The van der Waals surface area contributed by atoms with Crippen LogP contribution in [0, 0.1) is 0 Å². The summed E-state index contributed by atoms with van der Waals surface area (Å²) in [4.78, 5) is 22.5. The largest absolute Gasteiger partial charge is 0.472 e. The van der Waals surface area contributed by atoms with E-state index >= 15 is 0 Å². The van der Waals surface area contributed by atoms with E-state index in [2.05, 4.69) is 62.5 Å². The lowest BCUT2D eigenvalue weighted by atomic mass is 10.0. The fraction of sp³-hybridized carbons (Fsp3) is 0.771. The molecule has 0 bridgehead atoms. The summed E-state index contributed by atoms with van der Waals surface area (Å²) in [5.74, 6) is -0.462. The second kappa shape index (κ2) is 44.7. The summed E-state index contributed by atoms with van der Waals surface area (Å²) in [5.41, 5.74) is 0. The first kappa shape index (κ1) is 56.2. The number of unbranched alkanes of at least 4 members (excludes halogenated alkanes) is 20. The molecule has 0 heterocycles. The van der Waals surface area contributed by atoms with Crippen molar-refractivity contribution in [3.8, 4) is 0 Å². The third kappa shape index (κ3) is 43.7. The van der Waals surface area contributed by atoms with Gasteiger partial charge >= 0.3 is 13.8 Å². The Bertz CT molecular complexity index is 1090. The Hall–Kier alpha value is -1.84. The Balaban J connectivity index is 4.10. The molecule has 9 nitrogen and oxygen atoms in total. The molecule has 0 saturated carbocycles. The first-order valence-electron chi connectivity index (χ1n) is 23.3. The number of phosphoric ester groups is 1. The minimum atomic E-state index is -4.54. The highest BCUT2D eigenvalue weighted by Crippen LogP contribution is 2.43. The van der Waals surface area contributed by atoms with E-state index in [9.17, 15) is 19.4 Å². The standard InChI is InChI=1S/C48H87O9P/c1-3-5-7-9-11-13-15-17-18-19-20-21-22-23-24-25-26-27-29-31-33-35-37-39-41-54-44-47(45-56-58(52,53)55-43-46(50)42-49)57-48(51)40-38-36-34-32-30-28-16-14-12-10-8-6-4-2/h6,8,12,14,19-20,28,30,34,36,46-47,49-50H,3-5,7,9-11,13,15-18,21-27,29,31-33,35,37-45H2,1-2H3,(H,52,53)/b8-6-,14-12-,20-19-,30-28-,36-34-. The molecular formula is C48H87O9P. The molecule has 10 heteroatoms. The zero-order chi connectivity index (χ0) is 42.5. The Labute approximate surface area is 355 Å². The number of carbonyl (C=O) groups is 1. The van der Waals surface area contributed by atoms with Crippen LogP contribution in [0.5, 0.6) is 0 Å². The Kier molecular flexibility index (Phi) is 43.3. The summed E-state index contributed by atoms with van der Waals surface area (Å²) in [6, 6.07) is 0. The average molecular weight is 839 g/mol. The van der Waals surface area contributed by atoms with E-state index in [1.165, 1.54) is 122 Å². The number of esters is 1. The lowest BCUT2D eigenvalue weighted by molar-refractivity contribution is -0.154. The fourth-order valence-electron chi connectivity index (χ4n) is 6.19. The van der Waals surface area contributed by atoms with Gasteiger partial charge in [0.15, 0.2) is 0 Å². The van der Waals surface area contributed by atoms with Crippen LogP contribution in [-0.2, 0) is 27.9 Å². The summed E-state index contributed by atoms with van der Waals surface area (Å²) in [5, 5.41) is 18.3. The maximum atomic E-state index is 12.6. The number of aliphatic hydroxyl groups is 2. The van der Waals surface area contributed by atoms with Crippen LogP contribution >= 0.6 is 7.82 Å². The van der Waals surface area contributed by atoms with Crippen LogP contribution in [0.1, 0.15) is 194 Å². The van der Waals surface area contributed by atoms with Crippen LogP contribution in [0.3, 0.4) is 0 Å². The second-order valence-electron chi connectivity index (χ2n) is 15.4. The van der Waals surface area contributed by atoms with Gasteiger partial charge in [0.25, 0.3) is 0 Å². The number of allylic oxidation sites excluding steroid dienone is 10. The molecule has 0 aromatic rings.